The van der Waals surface area contributed by atoms with Crippen LogP contribution in [0.1, 0.15) is 47.2 Å². The first-order valence-corrected chi connectivity index (χ1v) is 13.5. The Hall–Kier alpha value is -5.51. The second-order valence-electron chi connectivity index (χ2n) is 9.75. The van der Waals surface area contributed by atoms with Gasteiger partial charge in [0.05, 0.1) is 5.69 Å². The van der Waals surface area contributed by atoms with E-state index in [1.807, 2.05) is 0 Å². The van der Waals surface area contributed by atoms with E-state index >= 15 is 0 Å². The number of carbonyl (C=O) groups is 4. The summed E-state index contributed by atoms with van der Waals surface area (Å²) < 4.78 is 11.2. The highest BCUT2D eigenvalue weighted by atomic mass is 16.5. The van der Waals surface area contributed by atoms with Gasteiger partial charge in [0.25, 0.3) is 11.5 Å². The largest absolute Gasteiger partial charge is 0.456 e. The van der Waals surface area contributed by atoms with E-state index in [0.717, 1.165) is 4.57 Å². The number of amides is 3. The van der Waals surface area contributed by atoms with Gasteiger partial charge in [0.1, 0.15) is 24.1 Å². The van der Waals surface area contributed by atoms with Crippen LogP contribution in [0.5, 0.6) is 0 Å². The number of aromatic nitrogens is 3. The van der Waals surface area contributed by atoms with Gasteiger partial charge in [-0.05, 0) is 44.0 Å². The molecule has 1 aliphatic heterocycles. The number of hydrogen-bond donors (Lipinski definition) is 3. The van der Waals surface area contributed by atoms with Crippen molar-refractivity contribution in [2.75, 3.05) is 11.9 Å². The van der Waals surface area contributed by atoms with Crippen LogP contribution in [0.2, 0.25) is 0 Å². The topological polar surface area (TPSA) is 175 Å². The molecule has 0 radical (unpaired) electrons. The maximum atomic E-state index is 13.5. The molecule has 0 unspecified atom stereocenters. The van der Waals surface area contributed by atoms with E-state index in [9.17, 15) is 24.0 Å². The zero-order valence-corrected chi connectivity index (χ0v) is 23.3. The van der Waals surface area contributed by atoms with Gasteiger partial charge in [-0.3, -0.25) is 24.2 Å². The Kier molecular flexibility index (Phi) is 10.2. The summed E-state index contributed by atoms with van der Waals surface area (Å²) in [5.74, 6) is 0.318. The zero-order valence-electron chi connectivity index (χ0n) is 23.3. The third-order valence-corrected chi connectivity index (χ3v) is 6.61. The van der Waals surface area contributed by atoms with Gasteiger partial charge in [-0.1, -0.05) is 17.3 Å². The van der Waals surface area contributed by atoms with E-state index in [1.165, 1.54) is 36.5 Å². The first-order valence-electron chi connectivity index (χ1n) is 13.5. The Morgan fingerprint density at radius 1 is 1.28 bits per heavy atom. The summed E-state index contributed by atoms with van der Waals surface area (Å²) in [6, 6.07) is 7.58. The second kappa shape index (κ2) is 14.4. The van der Waals surface area contributed by atoms with E-state index in [1.54, 1.807) is 31.3 Å². The number of rotatable bonds is 12. The molecule has 3 aromatic rings. The van der Waals surface area contributed by atoms with Gasteiger partial charge < -0.3 is 29.8 Å². The van der Waals surface area contributed by atoms with Gasteiger partial charge in [-0.15, -0.1) is 12.3 Å². The number of pyridine rings is 2. The Morgan fingerprint density at radius 3 is 2.79 bits per heavy atom. The van der Waals surface area contributed by atoms with E-state index in [2.05, 4.69) is 32.0 Å². The van der Waals surface area contributed by atoms with Crippen LogP contribution in [-0.2, 0) is 25.7 Å². The zero-order chi connectivity index (χ0) is 30.8. The summed E-state index contributed by atoms with van der Waals surface area (Å²) in [6.45, 7) is 2.08. The van der Waals surface area contributed by atoms with Crippen LogP contribution in [0.3, 0.4) is 0 Å². The van der Waals surface area contributed by atoms with Crippen LogP contribution in [0.4, 0.5) is 5.69 Å². The molecule has 3 amide bonds. The minimum Gasteiger partial charge on any atom is -0.456 e. The number of anilines is 1. The van der Waals surface area contributed by atoms with Gasteiger partial charge in [-0.2, -0.15) is 0 Å². The average Bonchev–Trinajstić information content (AvgIpc) is 3.62. The highest BCUT2D eigenvalue weighted by Gasteiger charge is 2.29. The molecule has 3 aromatic heterocycles. The van der Waals surface area contributed by atoms with Gasteiger partial charge >= 0.3 is 5.97 Å². The summed E-state index contributed by atoms with van der Waals surface area (Å²) in [5, 5.41) is 11.7. The fourth-order valence-corrected chi connectivity index (χ4v) is 4.45. The summed E-state index contributed by atoms with van der Waals surface area (Å²) in [4.78, 5) is 68.1. The molecule has 4 rings (SSSR count). The third kappa shape index (κ3) is 8.26. The van der Waals surface area contributed by atoms with Crippen molar-refractivity contribution in [3.05, 3.63) is 88.4 Å². The summed E-state index contributed by atoms with van der Waals surface area (Å²) >= 11 is 0. The van der Waals surface area contributed by atoms with Gasteiger partial charge in [0, 0.05) is 49.5 Å². The molecule has 222 valence electrons. The number of nitrogens with one attached hydrogen (secondary N) is 3. The molecule has 13 heteroatoms. The SMILES string of the molecule is C#CC[C@H](C(=O)N[C@H](/C=C/C(=O)OCc1ccccn1)C[C@@H]1CCNC1=O)n1cccc(NC(=O)c2cc(C)on2)c1=O. The lowest BCUT2D eigenvalue weighted by atomic mass is 9.97. The standard InChI is InChI=1S/C30H30N6O7/c1-3-7-25(36-15-6-9-23(30(36)41)34-28(39)24-16-19(2)43-35-24)29(40)33-21(17-20-12-14-32-27(20)38)10-11-26(37)42-18-22-8-4-5-13-31-22/h1,4-6,8-11,13,15-16,20-21,25H,7,12,14,17-18H2,2H3,(H,32,38)(H,33,40)(H,34,39)/b11-10+/t20-,21+,25+/m0/s1. The van der Waals surface area contributed by atoms with Crippen molar-refractivity contribution in [1.29, 1.82) is 0 Å². The monoisotopic (exact) mass is 586 g/mol. The maximum Gasteiger partial charge on any atom is 0.330 e. The van der Waals surface area contributed by atoms with Crippen molar-refractivity contribution in [3.63, 3.8) is 0 Å². The highest BCUT2D eigenvalue weighted by molar-refractivity contribution is 6.02. The highest BCUT2D eigenvalue weighted by Crippen LogP contribution is 2.19. The van der Waals surface area contributed by atoms with E-state index in [4.69, 9.17) is 15.7 Å². The van der Waals surface area contributed by atoms with Crippen molar-refractivity contribution in [1.82, 2.24) is 25.3 Å². The quantitative estimate of drug-likeness (QED) is 0.162. The van der Waals surface area contributed by atoms with Crippen molar-refractivity contribution < 1.29 is 28.4 Å². The van der Waals surface area contributed by atoms with Crippen LogP contribution in [-0.4, -0.2) is 51.0 Å². The molecule has 0 bridgehead atoms. The Labute approximate surface area is 246 Å². The molecule has 0 aromatic carbocycles. The number of nitrogens with zero attached hydrogens (tertiary/aromatic N) is 3. The van der Waals surface area contributed by atoms with E-state index in [-0.39, 0.29) is 36.7 Å². The van der Waals surface area contributed by atoms with Gasteiger partial charge in [0.2, 0.25) is 11.8 Å². The summed E-state index contributed by atoms with van der Waals surface area (Å²) in [7, 11) is 0. The van der Waals surface area contributed by atoms with Gasteiger partial charge in [-0.25, -0.2) is 4.79 Å². The molecule has 13 nitrogen and oxygen atoms in total. The molecule has 1 saturated heterocycles. The van der Waals surface area contributed by atoms with Crippen molar-refractivity contribution in [3.8, 4) is 12.3 Å². The Bertz CT molecular complexity index is 1600. The number of ether oxygens (including phenoxy) is 1. The number of aryl methyl sites for hydroxylation is 1. The minimum absolute atomic E-state index is 0.0191. The molecule has 3 atom stereocenters. The number of esters is 1. The summed E-state index contributed by atoms with van der Waals surface area (Å²) in [6.07, 6.45) is 11.7. The van der Waals surface area contributed by atoms with Crippen LogP contribution in [0.15, 0.2) is 70.3 Å². The third-order valence-electron chi connectivity index (χ3n) is 6.61. The molecular weight excluding hydrogens is 556 g/mol. The maximum absolute atomic E-state index is 13.5. The Morgan fingerprint density at radius 2 is 2.12 bits per heavy atom. The lowest BCUT2D eigenvalue weighted by Crippen LogP contribution is -2.43. The van der Waals surface area contributed by atoms with E-state index < -0.39 is 41.3 Å². The number of hydrogen-bond acceptors (Lipinski definition) is 9. The lowest BCUT2D eigenvalue weighted by molar-refractivity contribution is -0.139. The van der Waals surface area contributed by atoms with Gasteiger partial charge in [0.15, 0.2) is 5.69 Å². The molecule has 4 heterocycles. The summed E-state index contributed by atoms with van der Waals surface area (Å²) in [5.41, 5.74) is -0.229. The molecule has 1 aliphatic rings. The first-order chi connectivity index (χ1) is 20.7. The average molecular weight is 587 g/mol. The molecule has 3 N–H and O–H groups in total. The molecular formula is C30H30N6O7. The predicted octanol–water partition coefficient (Wildman–Crippen LogP) is 1.67. The van der Waals surface area contributed by atoms with Crippen LogP contribution in [0, 0.1) is 25.2 Å². The molecule has 0 aliphatic carbocycles. The van der Waals surface area contributed by atoms with Crippen LogP contribution >= 0.6 is 0 Å². The molecule has 0 spiro atoms. The molecule has 0 saturated carbocycles. The molecule has 1 fully saturated rings. The number of terminal acetylenes is 1. The minimum atomic E-state index is -1.16. The van der Waals surface area contributed by atoms with Crippen LogP contribution < -0.4 is 21.5 Å². The van der Waals surface area contributed by atoms with Crippen molar-refractivity contribution in [2.24, 2.45) is 5.92 Å². The van der Waals surface area contributed by atoms with Crippen molar-refractivity contribution in [2.45, 2.75) is 44.9 Å². The van der Waals surface area contributed by atoms with Crippen LogP contribution in [0.25, 0.3) is 0 Å². The molecule has 43 heavy (non-hydrogen) atoms. The Balaban J connectivity index is 1.50. The van der Waals surface area contributed by atoms with Crippen molar-refractivity contribution >= 4 is 29.4 Å². The predicted molar refractivity (Wildman–Crippen MR) is 153 cm³/mol. The van der Waals surface area contributed by atoms with E-state index in [0.29, 0.717) is 24.4 Å². The fourth-order valence-electron chi connectivity index (χ4n) is 4.45. The number of carbonyl (C=O) groups excluding carboxylic acids is 4. The smallest absolute Gasteiger partial charge is 0.330 e. The fraction of sp³-hybridized carbons (Fsp3) is 0.300. The first kappa shape index (κ1) is 30.4. The second-order valence-corrected chi connectivity index (χ2v) is 9.75. The normalized spacial score (nSPS) is 15.7. The lowest BCUT2D eigenvalue weighted by Gasteiger charge is -2.23.